The Kier molecular flexibility index (Phi) is 3.99. The van der Waals surface area contributed by atoms with Crippen LogP contribution in [-0.2, 0) is 0 Å². The highest BCUT2D eigenvalue weighted by atomic mass is 32.2. The highest BCUT2D eigenvalue weighted by Crippen LogP contribution is 2.20. The first-order valence-electron chi connectivity index (χ1n) is 5.60. The zero-order chi connectivity index (χ0) is 13.0. The van der Waals surface area contributed by atoms with E-state index in [0.29, 0.717) is 17.1 Å². The number of benzene rings is 1. The molecule has 0 aliphatic rings. The van der Waals surface area contributed by atoms with Crippen molar-refractivity contribution in [2.75, 3.05) is 11.5 Å². The van der Waals surface area contributed by atoms with Crippen molar-refractivity contribution in [1.29, 1.82) is 0 Å². The molecular formula is C14H14N2OS. The molecule has 0 aliphatic carbocycles. The number of nitrogen functional groups attached to an aromatic ring is 1. The van der Waals surface area contributed by atoms with Crippen molar-refractivity contribution < 1.29 is 4.79 Å². The predicted molar refractivity (Wildman–Crippen MR) is 74.9 cm³/mol. The topological polar surface area (TPSA) is 56.0 Å². The number of carbonyl (C=O) groups excluding carboxylic acids is 1. The minimum atomic E-state index is 0.00572. The van der Waals surface area contributed by atoms with Crippen LogP contribution in [0.3, 0.4) is 0 Å². The van der Waals surface area contributed by atoms with Crippen LogP contribution in [0.5, 0.6) is 0 Å². The summed E-state index contributed by atoms with van der Waals surface area (Å²) < 4.78 is 0. The minimum Gasteiger partial charge on any atom is -0.383 e. The van der Waals surface area contributed by atoms with Crippen molar-refractivity contribution >= 4 is 23.4 Å². The molecule has 4 heteroatoms. The van der Waals surface area contributed by atoms with E-state index in [0.717, 1.165) is 4.90 Å². The Hall–Kier alpha value is -1.81. The number of aryl methyl sites for hydroxylation is 1. The second kappa shape index (κ2) is 5.69. The molecule has 0 aliphatic heterocycles. The molecule has 1 aromatic heterocycles. The van der Waals surface area contributed by atoms with Crippen LogP contribution in [0.1, 0.15) is 15.9 Å². The molecule has 0 saturated carbocycles. The Morgan fingerprint density at radius 1 is 1.28 bits per heavy atom. The van der Waals surface area contributed by atoms with Gasteiger partial charge in [0, 0.05) is 11.1 Å². The van der Waals surface area contributed by atoms with E-state index in [9.17, 15) is 4.79 Å². The van der Waals surface area contributed by atoms with E-state index in [1.165, 1.54) is 17.3 Å². The molecule has 2 aromatic rings. The monoisotopic (exact) mass is 258 g/mol. The van der Waals surface area contributed by atoms with Gasteiger partial charge in [0.2, 0.25) is 0 Å². The molecule has 92 valence electrons. The van der Waals surface area contributed by atoms with Crippen molar-refractivity contribution in [2.45, 2.75) is 11.8 Å². The molecule has 0 fully saturated rings. The van der Waals surface area contributed by atoms with Gasteiger partial charge in [0.25, 0.3) is 0 Å². The lowest BCUT2D eigenvalue weighted by Gasteiger charge is -2.04. The van der Waals surface area contributed by atoms with Gasteiger partial charge in [0.15, 0.2) is 5.78 Å². The summed E-state index contributed by atoms with van der Waals surface area (Å²) in [5, 5.41) is 0. The van der Waals surface area contributed by atoms with Gasteiger partial charge in [-0.3, -0.25) is 4.79 Å². The quantitative estimate of drug-likeness (QED) is 0.676. The van der Waals surface area contributed by atoms with Gasteiger partial charge < -0.3 is 5.73 Å². The molecule has 2 rings (SSSR count). The fourth-order valence-corrected chi connectivity index (χ4v) is 2.30. The third-order valence-corrected chi connectivity index (χ3v) is 3.54. The number of nitrogens with two attached hydrogens (primary N) is 1. The van der Waals surface area contributed by atoms with Crippen molar-refractivity contribution in [1.82, 2.24) is 4.98 Å². The molecule has 18 heavy (non-hydrogen) atoms. The Bertz CT molecular complexity index is 552. The van der Waals surface area contributed by atoms with Gasteiger partial charge in [-0.1, -0.05) is 17.7 Å². The number of anilines is 1. The summed E-state index contributed by atoms with van der Waals surface area (Å²) in [5.74, 6) is 0.678. The van der Waals surface area contributed by atoms with Crippen LogP contribution < -0.4 is 5.73 Å². The summed E-state index contributed by atoms with van der Waals surface area (Å²) in [7, 11) is 0. The largest absolute Gasteiger partial charge is 0.383 e. The summed E-state index contributed by atoms with van der Waals surface area (Å²) >= 11 is 1.51. The van der Waals surface area contributed by atoms with Crippen LogP contribution in [0.15, 0.2) is 47.5 Å². The maximum absolute atomic E-state index is 12.0. The molecule has 0 amide bonds. The molecule has 0 spiro atoms. The molecule has 2 N–H and O–H groups in total. The summed E-state index contributed by atoms with van der Waals surface area (Å²) in [6, 6.07) is 11.5. The number of thioether (sulfide) groups is 1. The number of pyridine rings is 1. The average molecular weight is 258 g/mol. The lowest BCUT2D eigenvalue weighted by molar-refractivity contribution is 0.102. The fourth-order valence-electron chi connectivity index (χ4n) is 1.51. The van der Waals surface area contributed by atoms with Crippen molar-refractivity contribution in [3.63, 3.8) is 0 Å². The third-order valence-electron chi connectivity index (χ3n) is 2.53. The van der Waals surface area contributed by atoms with Gasteiger partial charge in [-0.05, 0) is 31.2 Å². The highest BCUT2D eigenvalue weighted by Gasteiger charge is 2.10. The number of hydrogen-bond acceptors (Lipinski definition) is 4. The van der Waals surface area contributed by atoms with E-state index in [-0.39, 0.29) is 5.78 Å². The van der Waals surface area contributed by atoms with Gasteiger partial charge in [-0.15, -0.1) is 11.8 Å². The standard InChI is InChI=1S/C14H14N2OS/c1-10-4-6-11(7-5-10)18-9-13(17)12-3-2-8-16-14(12)15/h2-8H,9H2,1H3,(H2,15,16). The van der Waals surface area contributed by atoms with Gasteiger partial charge in [0.1, 0.15) is 5.82 Å². The summed E-state index contributed by atoms with van der Waals surface area (Å²) in [6.07, 6.45) is 1.58. The Morgan fingerprint density at radius 2 is 2.00 bits per heavy atom. The second-order valence-electron chi connectivity index (χ2n) is 3.96. The van der Waals surface area contributed by atoms with Crippen molar-refractivity contribution in [2.24, 2.45) is 0 Å². The first-order valence-corrected chi connectivity index (χ1v) is 6.58. The van der Waals surface area contributed by atoms with E-state index in [1.807, 2.05) is 31.2 Å². The van der Waals surface area contributed by atoms with Gasteiger partial charge in [0.05, 0.1) is 11.3 Å². The van der Waals surface area contributed by atoms with Crippen LogP contribution in [0.4, 0.5) is 5.82 Å². The predicted octanol–water partition coefficient (Wildman–Crippen LogP) is 2.95. The van der Waals surface area contributed by atoms with Crippen LogP contribution in [0.25, 0.3) is 0 Å². The SMILES string of the molecule is Cc1ccc(SCC(=O)c2cccnc2N)cc1. The Morgan fingerprint density at radius 3 is 2.67 bits per heavy atom. The number of nitrogens with zero attached hydrogens (tertiary/aromatic N) is 1. The molecule has 1 aromatic carbocycles. The first-order chi connectivity index (χ1) is 8.66. The molecule has 0 radical (unpaired) electrons. The summed E-state index contributed by atoms with van der Waals surface area (Å²) in [6.45, 7) is 2.04. The molecule has 0 atom stereocenters. The van der Waals surface area contributed by atoms with Crippen LogP contribution in [-0.4, -0.2) is 16.5 Å². The van der Waals surface area contributed by atoms with E-state index in [2.05, 4.69) is 4.98 Å². The minimum absolute atomic E-state index is 0.00572. The van der Waals surface area contributed by atoms with Gasteiger partial charge in [-0.2, -0.15) is 0 Å². The normalized spacial score (nSPS) is 10.3. The van der Waals surface area contributed by atoms with Crippen molar-refractivity contribution in [3.05, 3.63) is 53.7 Å². The van der Waals surface area contributed by atoms with Gasteiger partial charge in [-0.25, -0.2) is 4.98 Å². The van der Waals surface area contributed by atoms with E-state index < -0.39 is 0 Å². The number of hydrogen-bond donors (Lipinski definition) is 1. The smallest absolute Gasteiger partial charge is 0.176 e. The maximum Gasteiger partial charge on any atom is 0.176 e. The number of carbonyl (C=O) groups is 1. The van der Waals surface area contributed by atoms with Crippen LogP contribution >= 0.6 is 11.8 Å². The molecule has 1 heterocycles. The van der Waals surface area contributed by atoms with E-state index in [4.69, 9.17) is 5.73 Å². The first kappa shape index (κ1) is 12.6. The zero-order valence-corrected chi connectivity index (χ0v) is 10.9. The third kappa shape index (κ3) is 3.11. The highest BCUT2D eigenvalue weighted by molar-refractivity contribution is 8.00. The molecule has 0 saturated heterocycles. The lowest BCUT2D eigenvalue weighted by atomic mass is 10.2. The Labute approximate surface area is 110 Å². The molecule has 0 unspecified atom stereocenters. The molecule has 0 bridgehead atoms. The molecular weight excluding hydrogens is 244 g/mol. The fraction of sp³-hybridized carbons (Fsp3) is 0.143. The van der Waals surface area contributed by atoms with Crippen LogP contribution in [0.2, 0.25) is 0 Å². The van der Waals surface area contributed by atoms with E-state index in [1.54, 1.807) is 18.3 Å². The summed E-state index contributed by atoms with van der Waals surface area (Å²) in [5.41, 5.74) is 7.38. The van der Waals surface area contributed by atoms with Crippen LogP contribution in [0, 0.1) is 6.92 Å². The number of Topliss-reactive ketones (excluding diaryl/α,β-unsaturated/α-hetero) is 1. The van der Waals surface area contributed by atoms with Gasteiger partial charge >= 0.3 is 0 Å². The van der Waals surface area contributed by atoms with Crippen molar-refractivity contribution in [3.8, 4) is 0 Å². The Balaban J connectivity index is 2.01. The summed E-state index contributed by atoms with van der Waals surface area (Å²) in [4.78, 5) is 17.0. The lowest BCUT2D eigenvalue weighted by Crippen LogP contribution is -2.07. The average Bonchev–Trinajstić information content (AvgIpc) is 2.38. The van der Waals surface area contributed by atoms with E-state index >= 15 is 0 Å². The number of rotatable bonds is 4. The number of ketones is 1. The number of aromatic nitrogens is 1. The second-order valence-corrected chi connectivity index (χ2v) is 5.01. The maximum atomic E-state index is 12.0. The molecule has 3 nitrogen and oxygen atoms in total. The zero-order valence-electron chi connectivity index (χ0n) is 10.1.